The molecule has 5 nitrogen and oxygen atoms in total. The van der Waals surface area contributed by atoms with E-state index in [1.54, 1.807) is 6.07 Å². The summed E-state index contributed by atoms with van der Waals surface area (Å²) in [6.07, 6.45) is 6.12. The molecule has 2 N–H and O–H groups in total. The first-order chi connectivity index (χ1) is 9.03. The van der Waals surface area contributed by atoms with Crippen molar-refractivity contribution in [3.63, 3.8) is 0 Å². The molecule has 1 aromatic heterocycles. The summed E-state index contributed by atoms with van der Waals surface area (Å²) in [4.78, 5) is 27.9. The van der Waals surface area contributed by atoms with Gasteiger partial charge in [-0.25, -0.2) is 0 Å². The molecule has 1 amide bonds. The predicted molar refractivity (Wildman–Crippen MR) is 74.3 cm³/mol. The van der Waals surface area contributed by atoms with Crippen LogP contribution in [0.5, 0.6) is 0 Å². The van der Waals surface area contributed by atoms with Gasteiger partial charge in [-0.3, -0.25) is 9.59 Å². The van der Waals surface area contributed by atoms with Crippen LogP contribution >= 0.6 is 0 Å². The molecule has 0 unspecified atom stereocenters. The third kappa shape index (κ3) is 3.04. The summed E-state index contributed by atoms with van der Waals surface area (Å²) in [5, 5.41) is 2.96. The lowest BCUT2D eigenvalue weighted by Crippen LogP contribution is -2.50. The number of hydrogen-bond donors (Lipinski definition) is 2. The van der Waals surface area contributed by atoms with Crippen LogP contribution in [0.15, 0.2) is 23.1 Å². The second-order valence-electron chi connectivity index (χ2n) is 5.45. The lowest BCUT2D eigenvalue weighted by molar-refractivity contribution is 0.0900. The molecular weight excluding hydrogens is 242 g/mol. The maximum atomic E-state index is 12.0. The van der Waals surface area contributed by atoms with Crippen LogP contribution in [0, 0.1) is 0 Å². The van der Waals surface area contributed by atoms with Crippen molar-refractivity contribution >= 4 is 5.91 Å². The highest BCUT2D eigenvalue weighted by Crippen LogP contribution is 2.33. The first kappa shape index (κ1) is 13.8. The average molecular weight is 263 g/mol. The number of rotatable bonds is 4. The molecule has 1 aliphatic carbocycles. The Balaban J connectivity index is 2.02. The first-order valence-electron chi connectivity index (χ1n) is 6.68. The summed E-state index contributed by atoms with van der Waals surface area (Å²) in [6.45, 7) is 0.631. The monoisotopic (exact) mass is 263 g/mol. The SMILES string of the molecule is CN(C)C1(CNC(=O)c2cc[nH]c(=O)c2)CCCC1. The molecule has 104 valence electrons. The molecule has 1 fully saturated rings. The highest BCUT2D eigenvalue weighted by atomic mass is 16.2. The topological polar surface area (TPSA) is 65.2 Å². The molecule has 1 aliphatic rings. The van der Waals surface area contributed by atoms with Crippen molar-refractivity contribution < 1.29 is 4.79 Å². The summed E-state index contributed by atoms with van der Waals surface area (Å²) in [5.74, 6) is -0.181. The number of nitrogens with one attached hydrogen (secondary N) is 2. The first-order valence-corrected chi connectivity index (χ1v) is 6.68. The fourth-order valence-corrected chi connectivity index (χ4v) is 2.75. The van der Waals surface area contributed by atoms with Gasteiger partial charge in [-0.05, 0) is 33.0 Å². The molecule has 19 heavy (non-hydrogen) atoms. The van der Waals surface area contributed by atoms with Gasteiger partial charge in [-0.15, -0.1) is 0 Å². The Bertz CT molecular complexity index is 501. The van der Waals surface area contributed by atoms with Crippen molar-refractivity contribution in [2.75, 3.05) is 20.6 Å². The van der Waals surface area contributed by atoms with Gasteiger partial charge in [0.2, 0.25) is 5.56 Å². The van der Waals surface area contributed by atoms with Crippen LogP contribution in [0.4, 0.5) is 0 Å². The Labute approximate surface area is 113 Å². The number of hydrogen-bond acceptors (Lipinski definition) is 3. The number of nitrogens with zero attached hydrogens (tertiary/aromatic N) is 1. The van der Waals surface area contributed by atoms with Gasteiger partial charge in [0.05, 0.1) is 0 Å². The second kappa shape index (κ2) is 5.57. The number of H-pyrrole nitrogens is 1. The molecule has 0 bridgehead atoms. The van der Waals surface area contributed by atoms with Crippen LogP contribution in [0.25, 0.3) is 0 Å². The van der Waals surface area contributed by atoms with E-state index in [1.807, 2.05) is 0 Å². The molecule has 0 spiro atoms. The Morgan fingerprint density at radius 1 is 1.42 bits per heavy atom. The Morgan fingerprint density at radius 3 is 2.68 bits per heavy atom. The van der Waals surface area contributed by atoms with Crippen LogP contribution in [0.2, 0.25) is 0 Å². The largest absolute Gasteiger partial charge is 0.350 e. The van der Waals surface area contributed by atoms with Gasteiger partial charge in [0.25, 0.3) is 5.91 Å². The Kier molecular flexibility index (Phi) is 4.04. The lowest BCUT2D eigenvalue weighted by Gasteiger charge is -2.36. The zero-order valence-electron chi connectivity index (χ0n) is 11.5. The van der Waals surface area contributed by atoms with Gasteiger partial charge in [0, 0.05) is 29.9 Å². The minimum atomic E-state index is -0.254. The predicted octanol–water partition coefficient (Wildman–Crippen LogP) is 0.979. The van der Waals surface area contributed by atoms with E-state index in [0.29, 0.717) is 12.1 Å². The number of likely N-dealkylation sites (N-methyl/N-ethyl adjacent to an activating group) is 1. The van der Waals surface area contributed by atoms with E-state index in [0.717, 1.165) is 12.8 Å². The maximum absolute atomic E-state index is 12.0. The van der Waals surface area contributed by atoms with E-state index >= 15 is 0 Å². The van der Waals surface area contributed by atoms with Crippen LogP contribution < -0.4 is 10.9 Å². The average Bonchev–Trinajstić information content (AvgIpc) is 2.86. The summed E-state index contributed by atoms with van der Waals surface area (Å²) < 4.78 is 0. The van der Waals surface area contributed by atoms with Gasteiger partial charge >= 0.3 is 0 Å². The summed E-state index contributed by atoms with van der Waals surface area (Å²) in [6, 6.07) is 2.94. The fraction of sp³-hybridized carbons (Fsp3) is 0.571. The number of aromatic nitrogens is 1. The highest BCUT2D eigenvalue weighted by Gasteiger charge is 2.36. The number of amides is 1. The van der Waals surface area contributed by atoms with Crippen molar-refractivity contribution in [1.82, 2.24) is 15.2 Å². The van der Waals surface area contributed by atoms with Crippen molar-refractivity contribution in [2.24, 2.45) is 0 Å². The Hall–Kier alpha value is -1.62. The van der Waals surface area contributed by atoms with Crippen molar-refractivity contribution in [1.29, 1.82) is 0 Å². The third-order valence-electron chi connectivity index (χ3n) is 4.10. The number of carbonyl (C=O) groups is 1. The number of pyridine rings is 1. The molecule has 1 saturated carbocycles. The van der Waals surface area contributed by atoms with E-state index in [2.05, 4.69) is 29.3 Å². The van der Waals surface area contributed by atoms with Crippen LogP contribution in [-0.2, 0) is 0 Å². The number of carbonyl (C=O) groups excluding carboxylic acids is 1. The van der Waals surface area contributed by atoms with Gasteiger partial charge in [0.15, 0.2) is 0 Å². The van der Waals surface area contributed by atoms with Crippen LogP contribution in [0.3, 0.4) is 0 Å². The molecule has 5 heteroatoms. The fourth-order valence-electron chi connectivity index (χ4n) is 2.75. The van der Waals surface area contributed by atoms with Crippen LogP contribution in [-0.4, -0.2) is 42.0 Å². The third-order valence-corrected chi connectivity index (χ3v) is 4.10. The second-order valence-corrected chi connectivity index (χ2v) is 5.45. The van der Waals surface area contributed by atoms with Gasteiger partial charge in [0.1, 0.15) is 0 Å². The van der Waals surface area contributed by atoms with Crippen molar-refractivity contribution in [3.8, 4) is 0 Å². The maximum Gasteiger partial charge on any atom is 0.251 e. The standard InChI is InChI=1S/C14H21N3O2/c1-17(2)14(6-3-4-7-14)10-16-13(19)11-5-8-15-12(18)9-11/h5,8-9H,3-4,6-7,10H2,1-2H3,(H,15,18)(H,16,19). The lowest BCUT2D eigenvalue weighted by atomic mass is 9.96. The minimum absolute atomic E-state index is 0.0663. The van der Waals surface area contributed by atoms with E-state index in [-0.39, 0.29) is 17.0 Å². The zero-order chi connectivity index (χ0) is 13.9. The molecule has 2 rings (SSSR count). The Morgan fingerprint density at radius 2 is 2.11 bits per heavy atom. The van der Waals surface area contributed by atoms with Crippen molar-refractivity contribution in [3.05, 3.63) is 34.2 Å². The normalized spacial score (nSPS) is 17.6. The number of aromatic amines is 1. The zero-order valence-corrected chi connectivity index (χ0v) is 11.5. The molecule has 0 aromatic carbocycles. The van der Waals surface area contributed by atoms with E-state index < -0.39 is 0 Å². The molecule has 1 aromatic rings. The van der Waals surface area contributed by atoms with E-state index in [1.165, 1.54) is 25.1 Å². The smallest absolute Gasteiger partial charge is 0.251 e. The van der Waals surface area contributed by atoms with Crippen LogP contribution in [0.1, 0.15) is 36.0 Å². The highest BCUT2D eigenvalue weighted by molar-refractivity contribution is 5.94. The van der Waals surface area contributed by atoms with Crippen molar-refractivity contribution in [2.45, 2.75) is 31.2 Å². The molecule has 0 saturated heterocycles. The summed E-state index contributed by atoms with van der Waals surface area (Å²) >= 11 is 0. The molecular formula is C14H21N3O2. The molecule has 0 atom stereocenters. The minimum Gasteiger partial charge on any atom is -0.350 e. The molecule has 0 aliphatic heterocycles. The van der Waals surface area contributed by atoms with Gasteiger partial charge in [-0.2, -0.15) is 0 Å². The molecule has 1 heterocycles. The summed E-state index contributed by atoms with van der Waals surface area (Å²) in [5.41, 5.74) is 0.225. The molecule has 0 radical (unpaired) electrons. The van der Waals surface area contributed by atoms with E-state index in [9.17, 15) is 9.59 Å². The quantitative estimate of drug-likeness (QED) is 0.851. The van der Waals surface area contributed by atoms with Gasteiger partial charge < -0.3 is 15.2 Å². The van der Waals surface area contributed by atoms with E-state index in [4.69, 9.17) is 0 Å². The summed E-state index contributed by atoms with van der Waals surface area (Å²) in [7, 11) is 4.12. The van der Waals surface area contributed by atoms with Gasteiger partial charge in [-0.1, -0.05) is 12.8 Å².